The molecule has 0 atom stereocenters. The van der Waals surface area contributed by atoms with Gasteiger partial charge in [0.25, 0.3) is 0 Å². The summed E-state index contributed by atoms with van der Waals surface area (Å²) >= 11 is 0. The molecule has 132 valence electrons. The average Bonchev–Trinajstić information content (AvgIpc) is 2.76. The van der Waals surface area contributed by atoms with Crippen molar-refractivity contribution in [3.8, 4) is 33.5 Å². The molecular weight excluding hydrogens is 326 g/mol. The molecule has 0 bridgehead atoms. The molecule has 0 spiro atoms. The Morgan fingerprint density at radius 1 is 0.704 bits per heavy atom. The van der Waals surface area contributed by atoms with E-state index in [1.807, 2.05) is 6.20 Å². The number of pyridine rings is 1. The lowest BCUT2D eigenvalue weighted by Gasteiger charge is -2.21. The van der Waals surface area contributed by atoms with E-state index in [2.05, 4.69) is 88.4 Å². The Hall–Kier alpha value is -2.93. The number of aryl methyl sites for hydroxylation is 1. The highest BCUT2D eigenvalue weighted by atomic mass is 14.7. The molecule has 1 aromatic heterocycles. The molecule has 5 rings (SSSR count). The summed E-state index contributed by atoms with van der Waals surface area (Å²) in [7, 11) is 0. The van der Waals surface area contributed by atoms with Gasteiger partial charge >= 0.3 is 0 Å². The number of aromatic nitrogens is 1. The van der Waals surface area contributed by atoms with Crippen molar-refractivity contribution in [2.24, 2.45) is 0 Å². The number of nitrogens with zero attached hydrogens (tertiary/aromatic N) is 1. The van der Waals surface area contributed by atoms with E-state index in [1.165, 1.54) is 49.7 Å². The van der Waals surface area contributed by atoms with Crippen molar-refractivity contribution in [3.63, 3.8) is 0 Å². The van der Waals surface area contributed by atoms with Crippen molar-refractivity contribution in [1.82, 2.24) is 4.98 Å². The van der Waals surface area contributed by atoms with Crippen LogP contribution in [0.4, 0.5) is 0 Å². The summed E-state index contributed by atoms with van der Waals surface area (Å²) in [5, 5.41) is 2.52. The second kappa shape index (κ2) is 5.53. The van der Waals surface area contributed by atoms with E-state index >= 15 is 0 Å². The molecule has 3 aromatic carbocycles. The van der Waals surface area contributed by atoms with Crippen molar-refractivity contribution < 1.29 is 0 Å². The highest BCUT2D eigenvalue weighted by Gasteiger charge is 2.24. The van der Waals surface area contributed by atoms with Gasteiger partial charge in [-0.1, -0.05) is 69.3 Å². The van der Waals surface area contributed by atoms with Crippen LogP contribution in [0.2, 0.25) is 0 Å². The van der Waals surface area contributed by atoms with E-state index in [0.29, 0.717) is 0 Å². The fourth-order valence-electron chi connectivity index (χ4n) is 4.28. The molecule has 0 aliphatic heterocycles. The molecule has 1 nitrogen and oxygen atoms in total. The first-order valence-corrected chi connectivity index (χ1v) is 9.57. The number of hydrogen-bond donors (Lipinski definition) is 0. The summed E-state index contributed by atoms with van der Waals surface area (Å²) in [6.07, 6.45) is 1.94. The summed E-state index contributed by atoms with van der Waals surface area (Å²) in [6, 6.07) is 22.4. The van der Waals surface area contributed by atoms with Crippen LogP contribution < -0.4 is 0 Å². The molecule has 1 aliphatic rings. The van der Waals surface area contributed by atoms with E-state index in [4.69, 9.17) is 4.98 Å². The minimum atomic E-state index is 0.110. The van der Waals surface area contributed by atoms with Gasteiger partial charge in [-0.25, -0.2) is 0 Å². The van der Waals surface area contributed by atoms with E-state index in [-0.39, 0.29) is 5.41 Å². The van der Waals surface area contributed by atoms with Crippen molar-refractivity contribution in [2.45, 2.75) is 33.1 Å². The lowest BCUT2D eigenvalue weighted by Crippen LogP contribution is -2.11. The zero-order valence-electron chi connectivity index (χ0n) is 16.3. The van der Waals surface area contributed by atoms with Crippen molar-refractivity contribution in [3.05, 3.63) is 78.0 Å². The minimum absolute atomic E-state index is 0.110. The Kier molecular flexibility index (Phi) is 3.33. The zero-order valence-corrected chi connectivity index (χ0v) is 16.3. The Labute approximate surface area is 160 Å². The molecule has 0 amide bonds. The number of benzene rings is 3. The van der Waals surface area contributed by atoms with Gasteiger partial charge in [-0.05, 0) is 63.2 Å². The van der Waals surface area contributed by atoms with Crippen LogP contribution in [0.1, 0.15) is 31.9 Å². The highest BCUT2D eigenvalue weighted by molar-refractivity contribution is 6.12. The van der Waals surface area contributed by atoms with Gasteiger partial charge in [0.2, 0.25) is 0 Å². The van der Waals surface area contributed by atoms with Crippen molar-refractivity contribution in [2.75, 3.05) is 0 Å². The molecule has 0 N–H and O–H groups in total. The SMILES string of the molecule is Cc1cc2c3c(nccc3c1)-c1ccc(C(C)(C)C)cc1-c1ccccc1-2. The van der Waals surface area contributed by atoms with Gasteiger partial charge in [-0.2, -0.15) is 0 Å². The van der Waals surface area contributed by atoms with E-state index in [0.717, 1.165) is 5.69 Å². The molecule has 0 fully saturated rings. The van der Waals surface area contributed by atoms with Gasteiger partial charge in [-0.3, -0.25) is 4.98 Å². The second-order valence-electron chi connectivity index (χ2n) is 8.63. The standard InChI is InChI=1S/C26H23N/c1-16-13-17-11-12-27-25-21-10-9-18(26(2,3)4)15-22(21)19-7-5-6-8-20(19)23(14-16)24(17)25/h5-15H,1-4H3. The molecule has 1 heteroatoms. The quantitative estimate of drug-likeness (QED) is 0.289. The van der Waals surface area contributed by atoms with Gasteiger partial charge in [-0.15, -0.1) is 0 Å². The molecule has 0 radical (unpaired) electrons. The molecular formula is C26H23N. The Bertz CT molecular complexity index is 1210. The molecule has 0 saturated carbocycles. The van der Waals surface area contributed by atoms with E-state index in [1.54, 1.807) is 0 Å². The molecule has 1 aliphatic carbocycles. The van der Waals surface area contributed by atoms with E-state index in [9.17, 15) is 0 Å². The van der Waals surface area contributed by atoms with Gasteiger partial charge < -0.3 is 0 Å². The monoisotopic (exact) mass is 349 g/mol. The van der Waals surface area contributed by atoms with Crippen molar-refractivity contribution >= 4 is 10.8 Å². The third kappa shape index (κ3) is 2.42. The van der Waals surface area contributed by atoms with Crippen LogP contribution in [0, 0.1) is 6.92 Å². The molecule has 4 aromatic rings. The second-order valence-corrected chi connectivity index (χ2v) is 8.63. The third-order valence-corrected chi connectivity index (χ3v) is 5.66. The number of fused-ring (bicyclic) bond motifs is 5. The first-order chi connectivity index (χ1) is 12.9. The summed E-state index contributed by atoms with van der Waals surface area (Å²) < 4.78 is 0. The molecule has 0 unspecified atom stereocenters. The normalized spacial score (nSPS) is 12.4. The Balaban J connectivity index is 1.99. The summed E-state index contributed by atoms with van der Waals surface area (Å²) in [5.41, 5.74) is 10.2. The lowest BCUT2D eigenvalue weighted by atomic mass is 9.83. The van der Waals surface area contributed by atoms with Crippen LogP contribution in [0.15, 0.2) is 66.9 Å². The van der Waals surface area contributed by atoms with E-state index < -0.39 is 0 Å². The predicted molar refractivity (Wildman–Crippen MR) is 115 cm³/mol. The maximum absolute atomic E-state index is 4.84. The van der Waals surface area contributed by atoms with Gasteiger partial charge in [0.05, 0.1) is 5.69 Å². The maximum atomic E-state index is 4.84. The van der Waals surface area contributed by atoms with Crippen LogP contribution in [0.25, 0.3) is 44.3 Å². The van der Waals surface area contributed by atoms with Crippen LogP contribution in [-0.2, 0) is 5.41 Å². The minimum Gasteiger partial charge on any atom is -0.256 e. The van der Waals surface area contributed by atoms with Crippen LogP contribution in [-0.4, -0.2) is 4.98 Å². The fraction of sp³-hybridized carbons (Fsp3) is 0.192. The zero-order chi connectivity index (χ0) is 18.8. The number of hydrogen-bond acceptors (Lipinski definition) is 1. The lowest BCUT2D eigenvalue weighted by molar-refractivity contribution is 0.590. The number of rotatable bonds is 0. The molecule has 27 heavy (non-hydrogen) atoms. The predicted octanol–water partition coefficient (Wildman–Crippen LogP) is 7.16. The van der Waals surface area contributed by atoms with Crippen molar-refractivity contribution in [1.29, 1.82) is 0 Å². The summed E-state index contributed by atoms with van der Waals surface area (Å²) in [4.78, 5) is 4.84. The van der Waals surface area contributed by atoms with Crippen LogP contribution in [0.5, 0.6) is 0 Å². The average molecular weight is 349 g/mol. The Morgan fingerprint density at radius 2 is 1.44 bits per heavy atom. The summed E-state index contributed by atoms with van der Waals surface area (Å²) in [5.74, 6) is 0. The van der Waals surface area contributed by atoms with Gasteiger partial charge in [0.15, 0.2) is 0 Å². The maximum Gasteiger partial charge on any atom is 0.0792 e. The van der Waals surface area contributed by atoms with Crippen LogP contribution in [0.3, 0.4) is 0 Å². The smallest absolute Gasteiger partial charge is 0.0792 e. The third-order valence-electron chi connectivity index (χ3n) is 5.66. The van der Waals surface area contributed by atoms with Gasteiger partial charge in [0.1, 0.15) is 0 Å². The topological polar surface area (TPSA) is 12.9 Å². The highest BCUT2D eigenvalue weighted by Crippen LogP contribution is 2.47. The Morgan fingerprint density at radius 3 is 2.19 bits per heavy atom. The first kappa shape index (κ1) is 16.3. The fourth-order valence-corrected chi connectivity index (χ4v) is 4.28. The molecule has 0 saturated heterocycles. The van der Waals surface area contributed by atoms with Crippen LogP contribution >= 0.6 is 0 Å². The largest absolute Gasteiger partial charge is 0.256 e. The first-order valence-electron chi connectivity index (χ1n) is 9.57. The summed E-state index contributed by atoms with van der Waals surface area (Å²) in [6.45, 7) is 8.99. The molecule has 1 heterocycles. The van der Waals surface area contributed by atoms with Gasteiger partial charge in [0, 0.05) is 17.1 Å².